The maximum absolute atomic E-state index is 12.5. The summed E-state index contributed by atoms with van der Waals surface area (Å²) in [5.74, 6) is 0. The van der Waals surface area contributed by atoms with Gasteiger partial charge in [-0.3, -0.25) is 37.7 Å². The van der Waals surface area contributed by atoms with E-state index < -0.39 is 0 Å². The Bertz CT molecular complexity index is 2430. The van der Waals surface area contributed by atoms with Crippen LogP contribution in [0.1, 0.15) is 0 Å². The maximum Gasteiger partial charge on any atom is 0.332 e. The number of benzene rings is 2. The molecule has 0 radical (unpaired) electrons. The Hall–Kier alpha value is -5.16. The zero-order valence-corrected chi connectivity index (χ0v) is 33.5. The van der Waals surface area contributed by atoms with Gasteiger partial charge in [-0.1, -0.05) is 47.5 Å². The molecule has 0 bridgehead atoms. The van der Waals surface area contributed by atoms with E-state index in [-0.39, 0.29) is 22.5 Å². The van der Waals surface area contributed by atoms with Gasteiger partial charge in [-0.2, -0.15) is 0 Å². The van der Waals surface area contributed by atoms with Gasteiger partial charge in [0.2, 0.25) is 0 Å². The fourth-order valence-corrected chi connectivity index (χ4v) is 7.98. The van der Waals surface area contributed by atoms with Crippen molar-refractivity contribution in [3.63, 3.8) is 0 Å². The number of imidazole rings is 2. The van der Waals surface area contributed by atoms with Crippen LogP contribution in [0.5, 0.6) is 0 Å². The van der Waals surface area contributed by atoms with Crippen molar-refractivity contribution in [3.05, 3.63) is 113 Å². The number of aryl methyl sites for hydroxylation is 2. The molecule has 16 nitrogen and oxygen atoms in total. The van der Waals surface area contributed by atoms with Crippen molar-refractivity contribution < 1.29 is 0 Å². The average molecular weight is 806 g/mol. The van der Waals surface area contributed by atoms with Crippen LogP contribution < -0.4 is 32.3 Å². The van der Waals surface area contributed by atoms with E-state index in [2.05, 4.69) is 41.7 Å². The highest BCUT2D eigenvalue weighted by Gasteiger charge is 2.22. The van der Waals surface area contributed by atoms with Crippen LogP contribution in [0.3, 0.4) is 0 Å². The van der Waals surface area contributed by atoms with E-state index in [1.54, 1.807) is 26.7 Å². The first-order chi connectivity index (χ1) is 26.9. The molecule has 2 aromatic carbocycles. The van der Waals surface area contributed by atoms with Gasteiger partial charge >= 0.3 is 11.4 Å². The van der Waals surface area contributed by atoms with E-state index in [0.717, 1.165) is 96.0 Å². The zero-order valence-electron chi connectivity index (χ0n) is 32.0. The average Bonchev–Trinajstić information content (AvgIpc) is 3.85. The molecule has 0 atom stereocenters. The molecule has 56 heavy (non-hydrogen) atoms. The Morgan fingerprint density at radius 1 is 0.500 bits per heavy atom. The van der Waals surface area contributed by atoms with E-state index in [4.69, 9.17) is 23.2 Å². The van der Waals surface area contributed by atoms with Crippen LogP contribution in [0.15, 0.2) is 80.4 Å². The van der Waals surface area contributed by atoms with Crippen molar-refractivity contribution in [2.45, 2.75) is 13.1 Å². The first-order valence-electron chi connectivity index (χ1n) is 18.6. The number of aromatic nitrogens is 8. The number of halogens is 2. The standard InChI is InChI=1S/2C19H23ClN6O2/c2*1-22-17-16(18(27)23(2)19(22)28)26(13-21-17)12-9-24-7-10-25(11-8-24)15-6-4-3-5-14(15)20/h2*3-6,13H,7-12H2,1-2H3. The van der Waals surface area contributed by atoms with Crippen LogP contribution in [0.25, 0.3) is 22.3 Å². The summed E-state index contributed by atoms with van der Waals surface area (Å²) in [7, 11) is 6.26. The number of nitrogens with zero attached hydrogens (tertiary/aromatic N) is 12. The van der Waals surface area contributed by atoms with E-state index in [1.807, 2.05) is 45.5 Å². The Labute approximate surface area is 332 Å². The lowest BCUT2D eigenvalue weighted by molar-refractivity contribution is 0.249. The van der Waals surface area contributed by atoms with Gasteiger partial charge in [-0.05, 0) is 24.3 Å². The second-order valence-electron chi connectivity index (χ2n) is 14.2. The monoisotopic (exact) mass is 804 g/mol. The number of fused-ring (bicyclic) bond motifs is 2. The van der Waals surface area contributed by atoms with E-state index in [0.29, 0.717) is 35.4 Å². The summed E-state index contributed by atoms with van der Waals surface area (Å²) in [6.45, 7) is 10.3. The van der Waals surface area contributed by atoms with Crippen LogP contribution in [0.2, 0.25) is 10.0 Å². The van der Waals surface area contributed by atoms with Crippen molar-refractivity contribution in [2.24, 2.45) is 28.2 Å². The molecule has 0 amide bonds. The van der Waals surface area contributed by atoms with Crippen LogP contribution in [0.4, 0.5) is 11.4 Å². The van der Waals surface area contributed by atoms with Gasteiger partial charge in [0.05, 0.1) is 34.1 Å². The number of piperazine rings is 2. The molecule has 2 saturated heterocycles. The number of anilines is 2. The molecule has 296 valence electrons. The first kappa shape index (κ1) is 39.1. The highest BCUT2D eigenvalue weighted by molar-refractivity contribution is 6.33. The van der Waals surface area contributed by atoms with Crippen molar-refractivity contribution in [1.82, 2.24) is 47.2 Å². The maximum atomic E-state index is 12.5. The predicted octanol–water partition coefficient (Wildman–Crippen LogP) is 1.82. The quantitative estimate of drug-likeness (QED) is 0.224. The number of rotatable bonds is 8. The summed E-state index contributed by atoms with van der Waals surface area (Å²) in [6.07, 6.45) is 3.29. The molecule has 0 spiro atoms. The van der Waals surface area contributed by atoms with Crippen molar-refractivity contribution in [1.29, 1.82) is 0 Å². The third-order valence-corrected chi connectivity index (χ3v) is 11.5. The molecule has 0 N–H and O–H groups in total. The molecule has 0 aliphatic carbocycles. The minimum atomic E-state index is -0.363. The summed E-state index contributed by atoms with van der Waals surface area (Å²) in [5, 5.41) is 1.56. The van der Waals surface area contributed by atoms with Crippen LogP contribution in [0, 0.1) is 0 Å². The van der Waals surface area contributed by atoms with Gasteiger partial charge in [0, 0.05) is 107 Å². The second kappa shape index (κ2) is 16.5. The fraction of sp³-hybridized carbons (Fsp3) is 0.421. The summed E-state index contributed by atoms with van der Waals surface area (Å²) < 4.78 is 8.77. The number of hydrogen-bond donors (Lipinski definition) is 0. The molecule has 8 rings (SSSR count). The Morgan fingerprint density at radius 3 is 1.21 bits per heavy atom. The van der Waals surface area contributed by atoms with Gasteiger partial charge < -0.3 is 18.9 Å². The number of hydrogen-bond acceptors (Lipinski definition) is 10. The molecular formula is C38H46Cl2N12O4. The van der Waals surface area contributed by atoms with Gasteiger partial charge in [-0.25, -0.2) is 19.6 Å². The number of para-hydroxylation sites is 2. The summed E-state index contributed by atoms with van der Waals surface area (Å²) in [4.78, 5) is 67.0. The lowest BCUT2D eigenvalue weighted by Crippen LogP contribution is -2.47. The third-order valence-electron chi connectivity index (χ3n) is 10.9. The highest BCUT2D eigenvalue weighted by atomic mass is 35.5. The lowest BCUT2D eigenvalue weighted by Gasteiger charge is -2.36. The molecule has 18 heteroatoms. The van der Waals surface area contributed by atoms with Crippen LogP contribution in [-0.2, 0) is 41.3 Å². The third kappa shape index (κ3) is 7.65. The smallest absolute Gasteiger partial charge is 0.332 e. The minimum Gasteiger partial charge on any atom is -0.368 e. The van der Waals surface area contributed by atoms with E-state index in [9.17, 15) is 19.2 Å². The molecule has 2 aliphatic heterocycles. The van der Waals surface area contributed by atoms with Gasteiger partial charge in [0.15, 0.2) is 22.3 Å². The Balaban J connectivity index is 0.000000172. The van der Waals surface area contributed by atoms with Gasteiger partial charge in [0.1, 0.15) is 0 Å². The van der Waals surface area contributed by atoms with Gasteiger partial charge in [-0.15, -0.1) is 0 Å². The van der Waals surface area contributed by atoms with Crippen molar-refractivity contribution >= 4 is 56.9 Å². The summed E-state index contributed by atoms with van der Waals surface area (Å²) in [6, 6.07) is 15.8. The van der Waals surface area contributed by atoms with E-state index >= 15 is 0 Å². The zero-order chi connectivity index (χ0) is 39.7. The molecule has 2 aliphatic rings. The lowest BCUT2D eigenvalue weighted by atomic mass is 10.2. The van der Waals surface area contributed by atoms with Crippen LogP contribution in [-0.4, -0.2) is 113 Å². The first-order valence-corrected chi connectivity index (χ1v) is 19.4. The normalized spacial score (nSPS) is 15.5. The highest BCUT2D eigenvalue weighted by Crippen LogP contribution is 2.27. The fourth-order valence-electron chi connectivity index (χ4n) is 7.47. The van der Waals surface area contributed by atoms with Crippen molar-refractivity contribution in [2.75, 3.05) is 75.2 Å². The van der Waals surface area contributed by atoms with Gasteiger partial charge in [0.25, 0.3) is 11.1 Å². The molecule has 6 aromatic rings. The Morgan fingerprint density at radius 2 is 0.857 bits per heavy atom. The molecule has 0 unspecified atom stereocenters. The summed E-state index contributed by atoms with van der Waals surface area (Å²) >= 11 is 12.6. The SMILES string of the molecule is Cn1c(=O)c2c(ncn2CCN2CCN(c3ccccc3Cl)CC2)n(C)c1=O.Cn1c(=O)c2c(ncn2CCN2CCN(c3ccccc3Cl)CC2)n(C)c1=O. The molecule has 6 heterocycles. The summed E-state index contributed by atoms with van der Waals surface area (Å²) in [5.41, 5.74) is 2.62. The topological polar surface area (TPSA) is 137 Å². The molecule has 0 saturated carbocycles. The predicted molar refractivity (Wildman–Crippen MR) is 221 cm³/mol. The molecule has 4 aromatic heterocycles. The Kier molecular flexibility index (Phi) is 11.5. The largest absolute Gasteiger partial charge is 0.368 e. The minimum absolute atomic E-state index is 0.306. The van der Waals surface area contributed by atoms with Crippen molar-refractivity contribution in [3.8, 4) is 0 Å². The second-order valence-corrected chi connectivity index (χ2v) is 15.0. The molecule has 2 fully saturated rings. The molecular weight excluding hydrogens is 759 g/mol. The van der Waals surface area contributed by atoms with E-state index in [1.165, 1.54) is 23.2 Å². The van der Waals surface area contributed by atoms with Crippen LogP contribution >= 0.6 is 23.2 Å².